The molecule has 0 spiro atoms. The second-order valence-electron chi connectivity index (χ2n) is 7.34. The highest BCUT2D eigenvalue weighted by Crippen LogP contribution is 2.16. The van der Waals surface area contributed by atoms with Gasteiger partial charge in [0.2, 0.25) is 11.9 Å². The van der Waals surface area contributed by atoms with E-state index in [1.54, 1.807) is 11.9 Å². The maximum absolute atomic E-state index is 13.6. The predicted molar refractivity (Wildman–Crippen MR) is 114 cm³/mol. The van der Waals surface area contributed by atoms with Crippen LogP contribution in [0.4, 0.5) is 10.3 Å². The molecule has 1 amide bonds. The van der Waals surface area contributed by atoms with E-state index < -0.39 is 11.4 Å². The van der Waals surface area contributed by atoms with Gasteiger partial charge in [-0.3, -0.25) is 15.0 Å². The third kappa shape index (κ3) is 4.45. The highest BCUT2D eigenvalue weighted by molar-refractivity contribution is 5.87. The van der Waals surface area contributed by atoms with Gasteiger partial charge in [-0.25, -0.2) is 9.37 Å². The Morgan fingerprint density at radius 1 is 1.21 bits per heavy atom. The summed E-state index contributed by atoms with van der Waals surface area (Å²) in [5.41, 5.74) is 4.50. The number of rotatable bonds is 6. The Balaban J connectivity index is 1.93. The summed E-state index contributed by atoms with van der Waals surface area (Å²) in [5, 5.41) is 0.237. The van der Waals surface area contributed by atoms with Crippen molar-refractivity contribution in [1.29, 1.82) is 0 Å². The third-order valence-corrected chi connectivity index (χ3v) is 4.88. The van der Waals surface area contributed by atoms with E-state index in [-0.39, 0.29) is 29.2 Å². The molecule has 0 saturated carbocycles. The molecule has 0 aliphatic heterocycles. The van der Waals surface area contributed by atoms with Crippen molar-refractivity contribution in [3.05, 3.63) is 69.8 Å². The first-order valence-electron chi connectivity index (χ1n) is 9.62. The Morgan fingerprint density at radius 2 is 1.90 bits per heavy atom. The number of carbonyl (C=O) groups excluding carboxylic acids is 1. The number of benzene rings is 2. The molecule has 6 nitrogen and oxygen atoms in total. The van der Waals surface area contributed by atoms with Crippen LogP contribution in [-0.4, -0.2) is 29.2 Å². The lowest BCUT2D eigenvalue weighted by atomic mass is 10.0. The molecule has 0 aliphatic carbocycles. The standard InChI is InChI=1S/C22H25FN4O2/c1-5-26(4)22-24-19-13-17(23)10-11-18(19)21(29)27(22)25-20(28)12-15-6-8-16(9-7-15)14(2)3/h6-11,13-14H,5,12H2,1-4H3,(H,25,28). The molecular weight excluding hydrogens is 371 g/mol. The minimum Gasteiger partial charge on any atom is -0.344 e. The smallest absolute Gasteiger partial charge is 0.281 e. The van der Waals surface area contributed by atoms with Crippen molar-refractivity contribution in [3.8, 4) is 0 Å². The third-order valence-electron chi connectivity index (χ3n) is 4.88. The van der Waals surface area contributed by atoms with Crippen LogP contribution in [0.25, 0.3) is 10.9 Å². The van der Waals surface area contributed by atoms with Crippen molar-refractivity contribution in [1.82, 2.24) is 9.66 Å². The largest absolute Gasteiger partial charge is 0.344 e. The van der Waals surface area contributed by atoms with Gasteiger partial charge >= 0.3 is 0 Å². The van der Waals surface area contributed by atoms with E-state index in [0.717, 1.165) is 10.2 Å². The van der Waals surface area contributed by atoms with Crippen LogP contribution in [0.5, 0.6) is 0 Å². The Bertz CT molecular complexity index is 1090. The van der Waals surface area contributed by atoms with Crippen LogP contribution in [0, 0.1) is 5.82 Å². The summed E-state index contributed by atoms with van der Waals surface area (Å²) < 4.78 is 14.7. The van der Waals surface area contributed by atoms with Gasteiger partial charge < -0.3 is 4.90 Å². The van der Waals surface area contributed by atoms with E-state index in [9.17, 15) is 14.0 Å². The first kappa shape index (κ1) is 20.5. The molecule has 29 heavy (non-hydrogen) atoms. The Kier molecular flexibility index (Phi) is 5.96. The minimum absolute atomic E-state index is 0.127. The first-order valence-corrected chi connectivity index (χ1v) is 9.62. The fraction of sp³-hybridized carbons (Fsp3) is 0.318. The quantitative estimate of drug-likeness (QED) is 0.693. The molecule has 3 aromatic rings. The summed E-state index contributed by atoms with van der Waals surface area (Å²) in [5.74, 6) is -0.143. The molecule has 7 heteroatoms. The van der Waals surface area contributed by atoms with Crippen molar-refractivity contribution in [2.45, 2.75) is 33.1 Å². The molecule has 152 valence electrons. The van der Waals surface area contributed by atoms with E-state index in [2.05, 4.69) is 24.3 Å². The van der Waals surface area contributed by atoms with Gasteiger partial charge in [-0.2, -0.15) is 4.68 Å². The summed E-state index contributed by atoms with van der Waals surface area (Å²) >= 11 is 0. The van der Waals surface area contributed by atoms with Crippen LogP contribution in [-0.2, 0) is 11.2 Å². The zero-order chi connectivity index (χ0) is 21.1. The summed E-state index contributed by atoms with van der Waals surface area (Å²) in [6, 6.07) is 11.6. The Morgan fingerprint density at radius 3 is 2.52 bits per heavy atom. The van der Waals surface area contributed by atoms with E-state index in [0.29, 0.717) is 12.5 Å². The van der Waals surface area contributed by atoms with Crippen LogP contribution >= 0.6 is 0 Å². The maximum atomic E-state index is 13.6. The molecule has 0 atom stereocenters. The summed E-state index contributed by atoms with van der Waals surface area (Å²) in [6.45, 7) is 6.67. The molecule has 0 saturated heterocycles. The average molecular weight is 396 g/mol. The summed E-state index contributed by atoms with van der Waals surface area (Å²) in [6.07, 6.45) is 0.127. The van der Waals surface area contributed by atoms with Gasteiger partial charge in [0.1, 0.15) is 5.82 Å². The van der Waals surface area contributed by atoms with Crippen molar-refractivity contribution >= 4 is 22.8 Å². The topological polar surface area (TPSA) is 67.2 Å². The number of carbonyl (C=O) groups is 1. The highest BCUT2D eigenvalue weighted by Gasteiger charge is 2.16. The molecule has 0 unspecified atom stereocenters. The van der Waals surface area contributed by atoms with Crippen molar-refractivity contribution in [3.63, 3.8) is 0 Å². The van der Waals surface area contributed by atoms with Crippen molar-refractivity contribution < 1.29 is 9.18 Å². The average Bonchev–Trinajstić information content (AvgIpc) is 2.69. The molecular formula is C22H25FN4O2. The number of aromatic nitrogens is 2. The zero-order valence-corrected chi connectivity index (χ0v) is 17.1. The van der Waals surface area contributed by atoms with E-state index in [4.69, 9.17) is 0 Å². The molecule has 1 N–H and O–H groups in total. The Labute approximate surface area is 169 Å². The molecule has 0 fully saturated rings. The van der Waals surface area contributed by atoms with Crippen LogP contribution in [0.3, 0.4) is 0 Å². The number of fused-ring (bicyclic) bond motifs is 1. The minimum atomic E-state index is -0.471. The molecule has 1 heterocycles. The van der Waals surface area contributed by atoms with Crippen LogP contribution in [0.2, 0.25) is 0 Å². The SMILES string of the molecule is CCN(C)c1nc2cc(F)ccc2c(=O)n1NC(=O)Cc1ccc(C(C)C)cc1. The summed E-state index contributed by atoms with van der Waals surface area (Å²) in [7, 11) is 1.75. The lowest BCUT2D eigenvalue weighted by Crippen LogP contribution is -2.39. The van der Waals surface area contributed by atoms with Crippen LogP contribution in [0.1, 0.15) is 37.8 Å². The number of anilines is 1. The number of nitrogens with one attached hydrogen (secondary N) is 1. The second kappa shape index (κ2) is 8.43. The predicted octanol–water partition coefficient (Wildman–Crippen LogP) is 3.43. The van der Waals surface area contributed by atoms with E-state index >= 15 is 0 Å². The van der Waals surface area contributed by atoms with E-state index in [1.807, 2.05) is 31.2 Å². The van der Waals surface area contributed by atoms with Gasteiger partial charge in [0, 0.05) is 19.7 Å². The van der Waals surface area contributed by atoms with Gasteiger partial charge in [-0.15, -0.1) is 0 Å². The first-order chi connectivity index (χ1) is 13.8. The monoisotopic (exact) mass is 396 g/mol. The lowest BCUT2D eigenvalue weighted by Gasteiger charge is -2.21. The zero-order valence-electron chi connectivity index (χ0n) is 17.1. The molecule has 0 bridgehead atoms. The lowest BCUT2D eigenvalue weighted by molar-refractivity contribution is -0.116. The molecule has 3 rings (SSSR count). The molecule has 0 radical (unpaired) electrons. The highest BCUT2D eigenvalue weighted by atomic mass is 19.1. The molecule has 0 aliphatic rings. The number of hydrogen-bond acceptors (Lipinski definition) is 4. The van der Waals surface area contributed by atoms with Gasteiger partial charge in [-0.1, -0.05) is 38.1 Å². The number of amides is 1. The van der Waals surface area contributed by atoms with Crippen molar-refractivity contribution in [2.75, 3.05) is 23.9 Å². The Hall–Kier alpha value is -3.22. The normalized spacial score (nSPS) is 11.1. The number of halogens is 1. The fourth-order valence-electron chi connectivity index (χ4n) is 3.02. The number of hydrogen-bond donors (Lipinski definition) is 1. The molecule has 2 aromatic carbocycles. The second-order valence-corrected chi connectivity index (χ2v) is 7.34. The van der Waals surface area contributed by atoms with Crippen LogP contribution in [0.15, 0.2) is 47.3 Å². The van der Waals surface area contributed by atoms with Gasteiger partial charge in [0.15, 0.2) is 0 Å². The van der Waals surface area contributed by atoms with Gasteiger partial charge in [-0.05, 0) is 36.1 Å². The van der Waals surface area contributed by atoms with Gasteiger partial charge in [0.05, 0.1) is 17.3 Å². The fourth-order valence-corrected chi connectivity index (χ4v) is 3.02. The van der Waals surface area contributed by atoms with Crippen molar-refractivity contribution in [2.24, 2.45) is 0 Å². The molecule has 1 aromatic heterocycles. The van der Waals surface area contributed by atoms with Crippen LogP contribution < -0.4 is 15.9 Å². The number of nitrogens with zero attached hydrogens (tertiary/aromatic N) is 3. The van der Waals surface area contributed by atoms with E-state index in [1.165, 1.54) is 23.8 Å². The maximum Gasteiger partial charge on any atom is 0.281 e. The summed E-state index contributed by atoms with van der Waals surface area (Å²) in [4.78, 5) is 31.7. The van der Waals surface area contributed by atoms with Gasteiger partial charge in [0.25, 0.3) is 5.56 Å².